The Morgan fingerprint density at radius 2 is 1.97 bits per heavy atom. The summed E-state index contributed by atoms with van der Waals surface area (Å²) in [6.45, 7) is 8.71. The molecule has 6 heteroatoms. The second-order valence-corrected chi connectivity index (χ2v) is 8.69. The zero-order chi connectivity index (χ0) is 20.8. The number of rotatable bonds is 7. The zero-order valence-electron chi connectivity index (χ0n) is 17.5. The zero-order valence-corrected chi connectivity index (χ0v) is 18.3. The molecule has 1 N–H and O–H groups in total. The number of carbonyl (C=O) groups excluding carboxylic acids is 2. The fourth-order valence-corrected chi connectivity index (χ4v) is 4.35. The Balaban J connectivity index is 1.35. The molecule has 1 aliphatic heterocycles. The van der Waals surface area contributed by atoms with Crippen LogP contribution in [0, 0.1) is 26.7 Å². The number of hydrogen-bond acceptors (Lipinski definition) is 4. The standard InChI is InChI=1S/C23H30N2O3S/c1-16-14-17(2)18(3)20(15-16)28-12-5-9-24-22(26)19-7-10-25(11-8-19)23(27)21-6-4-13-29-21/h4,6,13-15,19H,5,7-12H2,1-3H3,(H,24,26). The van der Waals surface area contributed by atoms with Crippen molar-refractivity contribution in [2.24, 2.45) is 5.92 Å². The van der Waals surface area contributed by atoms with Gasteiger partial charge in [-0.25, -0.2) is 0 Å². The van der Waals surface area contributed by atoms with E-state index in [9.17, 15) is 9.59 Å². The molecule has 1 aromatic carbocycles. The Morgan fingerprint density at radius 3 is 2.66 bits per heavy atom. The van der Waals surface area contributed by atoms with Crippen molar-refractivity contribution in [3.63, 3.8) is 0 Å². The van der Waals surface area contributed by atoms with Gasteiger partial charge in [0, 0.05) is 25.6 Å². The van der Waals surface area contributed by atoms with Gasteiger partial charge in [-0.05, 0) is 74.2 Å². The van der Waals surface area contributed by atoms with Gasteiger partial charge >= 0.3 is 0 Å². The van der Waals surface area contributed by atoms with Gasteiger partial charge in [0.25, 0.3) is 5.91 Å². The van der Waals surface area contributed by atoms with Crippen molar-refractivity contribution in [3.8, 4) is 5.75 Å². The molecule has 1 aromatic heterocycles. The number of nitrogens with one attached hydrogen (secondary N) is 1. The lowest BCUT2D eigenvalue weighted by molar-refractivity contribution is -0.126. The van der Waals surface area contributed by atoms with E-state index in [0.717, 1.165) is 29.9 Å². The third-order valence-electron chi connectivity index (χ3n) is 5.53. The Labute approximate surface area is 177 Å². The highest BCUT2D eigenvalue weighted by Crippen LogP contribution is 2.23. The lowest BCUT2D eigenvalue weighted by Crippen LogP contribution is -2.43. The number of likely N-dealkylation sites (tertiary alicyclic amines) is 1. The van der Waals surface area contributed by atoms with Gasteiger partial charge in [-0.1, -0.05) is 12.1 Å². The van der Waals surface area contributed by atoms with Crippen LogP contribution in [0.25, 0.3) is 0 Å². The molecule has 0 aliphatic carbocycles. The molecule has 0 radical (unpaired) electrons. The minimum Gasteiger partial charge on any atom is -0.493 e. The Kier molecular flexibility index (Phi) is 7.31. The largest absolute Gasteiger partial charge is 0.493 e. The second kappa shape index (κ2) is 9.92. The molecular weight excluding hydrogens is 384 g/mol. The molecule has 2 amide bonds. The number of piperidine rings is 1. The molecule has 1 fully saturated rings. The van der Waals surface area contributed by atoms with Crippen LogP contribution >= 0.6 is 11.3 Å². The van der Waals surface area contributed by atoms with Gasteiger partial charge < -0.3 is 15.0 Å². The van der Waals surface area contributed by atoms with Crippen molar-refractivity contribution in [1.82, 2.24) is 10.2 Å². The van der Waals surface area contributed by atoms with Gasteiger partial charge in [-0.3, -0.25) is 9.59 Å². The highest BCUT2D eigenvalue weighted by Gasteiger charge is 2.27. The van der Waals surface area contributed by atoms with E-state index in [1.54, 1.807) is 0 Å². The maximum atomic E-state index is 12.4. The molecule has 2 aromatic rings. The van der Waals surface area contributed by atoms with Crippen LogP contribution in [-0.4, -0.2) is 43.0 Å². The molecule has 3 rings (SSSR count). The number of nitrogens with zero attached hydrogens (tertiary/aromatic N) is 1. The van der Waals surface area contributed by atoms with Crippen molar-refractivity contribution in [1.29, 1.82) is 0 Å². The SMILES string of the molecule is Cc1cc(C)c(C)c(OCCCNC(=O)C2CCN(C(=O)c3cccs3)CC2)c1. The van der Waals surface area contributed by atoms with Crippen molar-refractivity contribution in [2.45, 2.75) is 40.0 Å². The van der Waals surface area contributed by atoms with E-state index in [2.05, 4.69) is 38.2 Å². The summed E-state index contributed by atoms with van der Waals surface area (Å²) < 4.78 is 5.91. The van der Waals surface area contributed by atoms with Crippen LogP contribution in [0.5, 0.6) is 5.75 Å². The van der Waals surface area contributed by atoms with Gasteiger partial charge in [0.05, 0.1) is 11.5 Å². The van der Waals surface area contributed by atoms with Crippen LogP contribution in [0.3, 0.4) is 0 Å². The number of carbonyl (C=O) groups is 2. The van der Waals surface area contributed by atoms with Gasteiger partial charge in [-0.15, -0.1) is 11.3 Å². The van der Waals surface area contributed by atoms with Crippen molar-refractivity contribution >= 4 is 23.2 Å². The van der Waals surface area contributed by atoms with E-state index in [0.29, 0.717) is 26.2 Å². The van der Waals surface area contributed by atoms with E-state index in [1.165, 1.54) is 28.0 Å². The van der Waals surface area contributed by atoms with Crippen LogP contribution in [0.1, 0.15) is 45.6 Å². The van der Waals surface area contributed by atoms with E-state index >= 15 is 0 Å². The Morgan fingerprint density at radius 1 is 1.21 bits per heavy atom. The average Bonchev–Trinajstić information content (AvgIpc) is 3.25. The maximum absolute atomic E-state index is 12.4. The summed E-state index contributed by atoms with van der Waals surface area (Å²) in [7, 11) is 0. The van der Waals surface area contributed by atoms with Crippen LogP contribution in [0.2, 0.25) is 0 Å². The van der Waals surface area contributed by atoms with E-state index in [-0.39, 0.29) is 17.7 Å². The summed E-state index contributed by atoms with van der Waals surface area (Å²) in [5.74, 6) is 1.09. The third kappa shape index (κ3) is 5.60. The fourth-order valence-electron chi connectivity index (χ4n) is 3.66. The summed E-state index contributed by atoms with van der Waals surface area (Å²) in [5.41, 5.74) is 3.60. The first-order valence-corrected chi connectivity index (χ1v) is 11.1. The van der Waals surface area contributed by atoms with E-state index in [1.807, 2.05) is 22.4 Å². The van der Waals surface area contributed by atoms with Crippen LogP contribution in [-0.2, 0) is 4.79 Å². The first-order valence-electron chi connectivity index (χ1n) is 10.3. The number of amides is 2. The van der Waals surface area contributed by atoms with Crippen LogP contribution in [0.15, 0.2) is 29.6 Å². The molecule has 29 heavy (non-hydrogen) atoms. The topological polar surface area (TPSA) is 58.6 Å². The Hall–Kier alpha value is -2.34. The van der Waals surface area contributed by atoms with E-state index < -0.39 is 0 Å². The molecule has 0 atom stereocenters. The number of hydrogen-bond donors (Lipinski definition) is 1. The molecule has 0 spiro atoms. The molecule has 2 heterocycles. The first kappa shape index (κ1) is 21.4. The summed E-state index contributed by atoms with van der Waals surface area (Å²) >= 11 is 1.47. The molecule has 1 aliphatic rings. The molecule has 1 saturated heterocycles. The second-order valence-electron chi connectivity index (χ2n) is 7.74. The fraction of sp³-hybridized carbons (Fsp3) is 0.478. The first-order chi connectivity index (χ1) is 14.0. The molecular formula is C23H30N2O3S. The van der Waals surface area contributed by atoms with Gasteiger partial charge in [0.15, 0.2) is 0 Å². The highest BCUT2D eigenvalue weighted by atomic mass is 32.1. The average molecular weight is 415 g/mol. The number of benzene rings is 1. The molecule has 0 unspecified atom stereocenters. The highest BCUT2D eigenvalue weighted by molar-refractivity contribution is 7.12. The Bertz CT molecular complexity index is 840. The lowest BCUT2D eigenvalue weighted by Gasteiger charge is -2.31. The van der Waals surface area contributed by atoms with Gasteiger partial charge in [0.2, 0.25) is 5.91 Å². The molecule has 5 nitrogen and oxygen atoms in total. The minimum absolute atomic E-state index is 0.00929. The van der Waals surface area contributed by atoms with Crippen molar-refractivity contribution in [2.75, 3.05) is 26.2 Å². The van der Waals surface area contributed by atoms with Crippen LogP contribution in [0.4, 0.5) is 0 Å². The molecule has 0 bridgehead atoms. The minimum atomic E-state index is -0.00929. The lowest BCUT2D eigenvalue weighted by atomic mass is 9.95. The monoisotopic (exact) mass is 414 g/mol. The normalized spacial score (nSPS) is 14.7. The molecule has 0 saturated carbocycles. The predicted molar refractivity (Wildman–Crippen MR) is 117 cm³/mol. The summed E-state index contributed by atoms with van der Waals surface area (Å²) in [4.78, 5) is 27.4. The maximum Gasteiger partial charge on any atom is 0.263 e. The number of aryl methyl sites for hydroxylation is 2. The summed E-state index contributed by atoms with van der Waals surface area (Å²) in [6.07, 6.45) is 2.22. The predicted octanol–water partition coefficient (Wildman–Crippen LogP) is 4.11. The smallest absolute Gasteiger partial charge is 0.263 e. The quantitative estimate of drug-likeness (QED) is 0.694. The number of ether oxygens (including phenoxy) is 1. The molecule has 156 valence electrons. The van der Waals surface area contributed by atoms with Gasteiger partial charge in [-0.2, -0.15) is 0 Å². The van der Waals surface area contributed by atoms with Gasteiger partial charge in [0.1, 0.15) is 5.75 Å². The number of thiophene rings is 1. The van der Waals surface area contributed by atoms with E-state index in [4.69, 9.17) is 4.74 Å². The van der Waals surface area contributed by atoms with Crippen molar-refractivity contribution in [3.05, 3.63) is 51.2 Å². The summed E-state index contributed by atoms with van der Waals surface area (Å²) in [5, 5.41) is 4.94. The summed E-state index contributed by atoms with van der Waals surface area (Å²) in [6, 6.07) is 7.96. The third-order valence-corrected chi connectivity index (χ3v) is 6.38. The van der Waals surface area contributed by atoms with Crippen LogP contribution < -0.4 is 10.1 Å². The van der Waals surface area contributed by atoms with Crippen molar-refractivity contribution < 1.29 is 14.3 Å².